The molecule has 1 N–H and O–H groups in total. The highest BCUT2D eigenvalue weighted by atomic mass is 35.5. The van der Waals surface area contributed by atoms with Crippen molar-refractivity contribution in [2.75, 3.05) is 13.1 Å². The van der Waals surface area contributed by atoms with Gasteiger partial charge in [0.25, 0.3) is 0 Å². The number of hydrogen-bond acceptors (Lipinski definition) is 1. The molecule has 0 aliphatic heterocycles. The van der Waals surface area contributed by atoms with Gasteiger partial charge in [0, 0.05) is 0 Å². The zero-order chi connectivity index (χ0) is 14.5. The average molecular weight is 298 g/mol. The van der Waals surface area contributed by atoms with Gasteiger partial charge in [0.2, 0.25) is 0 Å². The van der Waals surface area contributed by atoms with Crippen molar-refractivity contribution < 1.29 is 4.39 Å². The highest BCUT2D eigenvalue weighted by Crippen LogP contribution is 2.34. The lowest BCUT2D eigenvalue weighted by Crippen LogP contribution is -2.28. The summed E-state index contributed by atoms with van der Waals surface area (Å²) in [5, 5.41) is 3.82. The fourth-order valence-electron chi connectivity index (χ4n) is 3.18. The predicted molar refractivity (Wildman–Crippen MR) is 83.7 cm³/mol. The largest absolute Gasteiger partial charge is 0.316 e. The third-order valence-electron chi connectivity index (χ3n) is 4.26. The van der Waals surface area contributed by atoms with Crippen LogP contribution in [-0.2, 0) is 6.42 Å². The molecule has 2 atom stereocenters. The quantitative estimate of drug-likeness (QED) is 0.803. The molecule has 3 heteroatoms. The van der Waals surface area contributed by atoms with Gasteiger partial charge in [0.1, 0.15) is 5.82 Å². The smallest absolute Gasteiger partial charge is 0.141 e. The Bertz CT molecular complexity index is 433. The van der Waals surface area contributed by atoms with E-state index in [1.54, 1.807) is 6.07 Å². The van der Waals surface area contributed by atoms with E-state index in [-0.39, 0.29) is 10.8 Å². The van der Waals surface area contributed by atoms with E-state index in [1.807, 2.05) is 6.07 Å². The van der Waals surface area contributed by atoms with Crippen molar-refractivity contribution >= 4 is 11.6 Å². The summed E-state index contributed by atoms with van der Waals surface area (Å²) in [5.41, 5.74) is 1.16. The molecule has 112 valence electrons. The van der Waals surface area contributed by atoms with Crippen molar-refractivity contribution in [3.63, 3.8) is 0 Å². The molecule has 0 spiro atoms. The van der Waals surface area contributed by atoms with E-state index in [0.717, 1.165) is 31.0 Å². The van der Waals surface area contributed by atoms with Crippen molar-refractivity contribution in [1.29, 1.82) is 0 Å². The maximum atomic E-state index is 13.2. The summed E-state index contributed by atoms with van der Waals surface area (Å²) in [4.78, 5) is 0. The van der Waals surface area contributed by atoms with Crippen LogP contribution in [0.2, 0.25) is 5.02 Å². The van der Waals surface area contributed by atoms with E-state index in [4.69, 9.17) is 11.6 Å². The number of benzene rings is 1. The molecule has 0 saturated heterocycles. The zero-order valence-corrected chi connectivity index (χ0v) is 13.2. The first-order valence-electron chi connectivity index (χ1n) is 7.71. The van der Waals surface area contributed by atoms with Gasteiger partial charge in [-0.05, 0) is 67.8 Å². The summed E-state index contributed by atoms with van der Waals surface area (Å²) in [6.45, 7) is 6.67. The van der Waals surface area contributed by atoms with Crippen LogP contribution in [-0.4, -0.2) is 13.1 Å². The van der Waals surface area contributed by atoms with Crippen LogP contribution in [0.5, 0.6) is 0 Å². The molecule has 0 bridgehead atoms. The van der Waals surface area contributed by atoms with Crippen molar-refractivity contribution in [3.8, 4) is 0 Å². The van der Waals surface area contributed by atoms with Crippen molar-refractivity contribution in [2.24, 2.45) is 17.8 Å². The van der Waals surface area contributed by atoms with Crippen molar-refractivity contribution in [3.05, 3.63) is 34.6 Å². The number of halogens is 2. The number of nitrogens with one attached hydrogen (secondary N) is 1. The third kappa shape index (κ3) is 4.46. The fourth-order valence-corrected chi connectivity index (χ4v) is 3.38. The average Bonchev–Trinajstić information content (AvgIpc) is 2.81. The Morgan fingerprint density at radius 2 is 2.05 bits per heavy atom. The first kappa shape index (κ1) is 15.8. The normalized spacial score (nSPS) is 22.6. The van der Waals surface area contributed by atoms with Gasteiger partial charge in [0.15, 0.2) is 0 Å². The molecule has 1 saturated carbocycles. The van der Waals surface area contributed by atoms with Crippen LogP contribution in [0, 0.1) is 23.6 Å². The predicted octanol–water partition coefficient (Wildman–Crippen LogP) is 4.68. The van der Waals surface area contributed by atoms with Gasteiger partial charge in [-0.3, -0.25) is 0 Å². The van der Waals surface area contributed by atoms with Crippen LogP contribution >= 0.6 is 11.6 Å². The molecule has 1 aromatic rings. The lowest BCUT2D eigenvalue weighted by Gasteiger charge is -2.21. The highest BCUT2D eigenvalue weighted by Gasteiger charge is 2.27. The Labute approximate surface area is 126 Å². The minimum Gasteiger partial charge on any atom is -0.316 e. The molecule has 0 aromatic heterocycles. The molecule has 1 fully saturated rings. The van der Waals surface area contributed by atoms with Crippen LogP contribution < -0.4 is 5.32 Å². The Balaban J connectivity index is 1.88. The van der Waals surface area contributed by atoms with Crippen LogP contribution in [0.15, 0.2) is 18.2 Å². The summed E-state index contributed by atoms with van der Waals surface area (Å²) >= 11 is 5.87. The van der Waals surface area contributed by atoms with Gasteiger partial charge in [-0.1, -0.05) is 37.9 Å². The maximum Gasteiger partial charge on any atom is 0.141 e. The summed E-state index contributed by atoms with van der Waals surface area (Å²) in [6.07, 6.45) is 4.93. The molecule has 1 aromatic carbocycles. The summed E-state index contributed by atoms with van der Waals surface area (Å²) < 4.78 is 13.2. The monoisotopic (exact) mass is 297 g/mol. The maximum absolute atomic E-state index is 13.2. The van der Waals surface area contributed by atoms with Crippen LogP contribution in [0.3, 0.4) is 0 Å². The van der Waals surface area contributed by atoms with Gasteiger partial charge in [0.05, 0.1) is 5.02 Å². The molecule has 2 rings (SSSR count). The van der Waals surface area contributed by atoms with Crippen LogP contribution in [0.4, 0.5) is 4.39 Å². The molecule has 1 aliphatic rings. The van der Waals surface area contributed by atoms with Gasteiger partial charge in [-0.15, -0.1) is 0 Å². The van der Waals surface area contributed by atoms with E-state index in [0.29, 0.717) is 11.8 Å². The molecule has 20 heavy (non-hydrogen) atoms. The Hall–Kier alpha value is -0.600. The molecule has 0 amide bonds. The number of hydrogen-bond donors (Lipinski definition) is 1. The van der Waals surface area contributed by atoms with Gasteiger partial charge in [-0.2, -0.15) is 0 Å². The van der Waals surface area contributed by atoms with E-state index in [9.17, 15) is 4.39 Å². The molecular formula is C17H25ClFN. The third-order valence-corrected chi connectivity index (χ3v) is 4.55. The molecule has 0 radical (unpaired) electrons. The van der Waals surface area contributed by atoms with Gasteiger partial charge < -0.3 is 5.32 Å². The first-order valence-corrected chi connectivity index (χ1v) is 8.08. The first-order chi connectivity index (χ1) is 9.56. The minimum absolute atomic E-state index is 0.245. The molecule has 2 unspecified atom stereocenters. The lowest BCUT2D eigenvalue weighted by atomic mass is 9.89. The highest BCUT2D eigenvalue weighted by molar-refractivity contribution is 6.30. The molecule has 0 heterocycles. The Morgan fingerprint density at radius 1 is 1.30 bits per heavy atom. The molecular weight excluding hydrogens is 273 g/mol. The molecule has 1 nitrogen and oxygen atoms in total. The standard InChI is InChI=1S/C17H25ClFN/c1-12(2)10-20-11-15-5-3-4-14(15)8-13-6-7-17(19)16(18)9-13/h6-7,9,12,14-15,20H,3-5,8,10-11H2,1-2H3. The zero-order valence-electron chi connectivity index (χ0n) is 12.5. The van der Waals surface area contributed by atoms with Crippen molar-refractivity contribution in [2.45, 2.75) is 39.5 Å². The topological polar surface area (TPSA) is 12.0 Å². The second-order valence-corrected chi connectivity index (χ2v) is 6.86. The summed E-state index contributed by atoms with van der Waals surface area (Å²) in [7, 11) is 0. The Morgan fingerprint density at radius 3 is 2.75 bits per heavy atom. The van der Waals surface area contributed by atoms with Gasteiger partial charge in [-0.25, -0.2) is 4.39 Å². The van der Waals surface area contributed by atoms with Crippen molar-refractivity contribution in [1.82, 2.24) is 5.32 Å². The minimum atomic E-state index is -0.322. The van der Waals surface area contributed by atoms with E-state index < -0.39 is 0 Å². The lowest BCUT2D eigenvalue weighted by molar-refractivity contribution is 0.357. The molecule has 1 aliphatic carbocycles. The van der Waals surface area contributed by atoms with Crippen LogP contribution in [0.1, 0.15) is 38.7 Å². The Kier molecular flexibility index (Phi) is 5.86. The van der Waals surface area contributed by atoms with Crippen LogP contribution in [0.25, 0.3) is 0 Å². The summed E-state index contributed by atoms with van der Waals surface area (Å²) in [5.74, 6) is 1.83. The van der Waals surface area contributed by atoms with Gasteiger partial charge >= 0.3 is 0 Å². The second-order valence-electron chi connectivity index (χ2n) is 6.46. The fraction of sp³-hybridized carbons (Fsp3) is 0.647. The summed E-state index contributed by atoms with van der Waals surface area (Å²) in [6, 6.07) is 5.14. The second kappa shape index (κ2) is 7.42. The van der Waals surface area contributed by atoms with E-state index in [1.165, 1.54) is 25.3 Å². The van der Waals surface area contributed by atoms with E-state index in [2.05, 4.69) is 19.2 Å². The van der Waals surface area contributed by atoms with E-state index >= 15 is 0 Å². The number of rotatable bonds is 6. The SMILES string of the molecule is CC(C)CNCC1CCCC1Cc1ccc(F)c(Cl)c1.